The molecule has 0 aliphatic rings. The number of aromatic nitrogens is 2. The van der Waals surface area contributed by atoms with Crippen LogP contribution < -0.4 is 4.74 Å². The number of halogens is 4. The fourth-order valence-corrected chi connectivity index (χ4v) is 1.47. The van der Waals surface area contributed by atoms with Crippen LogP contribution in [-0.2, 0) is 6.18 Å². The van der Waals surface area contributed by atoms with Crippen molar-refractivity contribution >= 4 is 11.6 Å². The molecule has 2 aromatic rings. The van der Waals surface area contributed by atoms with Gasteiger partial charge in [-0.25, -0.2) is 0 Å². The van der Waals surface area contributed by atoms with Crippen LogP contribution in [0.25, 0.3) is 0 Å². The standard InChI is InChI=1S/C11H6ClF3N2O/c12-9-4-3-7(6-8(9)11(13,14)15)18-10-2-1-5-16-17-10/h1-6H. The van der Waals surface area contributed by atoms with E-state index in [1.54, 1.807) is 6.07 Å². The van der Waals surface area contributed by atoms with Crippen molar-refractivity contribution in [1.82, 2.24) is 10.2 Å². The quantitative estimate of drug-likeness (QED) is 0.832. The van der Waals surface area contributed by atoms with E-state index in [0.717, 1.165) is 12.1 Å². The first kappa shape index (κ1) is 12.6. The molecule has 3 nitrogen and oxygen atoms in total. The van der Waals surface area contributed by atoms with Gasteiger partial charge in [-0.1, -0.05) is 11.6 Å². The molecule has 0 fully saturated rings. The van der Waals surface area contributed by atoms with Crippen molar-refractivity contribution in [2.75, 3.05) is 0 Å². The molecule has 1 aromatic heterocycles. The molecule has 0 radical (unpaired) electrons. The van der Waals surface area contributed by atoms with Crippen LogP contribution in [0.2, 0.25) is 5.02 Å². The zero-order valence-corrected chi connectivity index (χ0v) is 9.53. The summed E-state index contributed by atoms with van der Waals surface area (Å²) in [6.45, 7) is 0. The number of rotatable bonds is 2. The summed E-state index contributed by atoms with van der Waals surface area (Å²) in [6, 6.07) is 6.30. The molecule has 0 spiro atoms. The van der Waals surface area contributed by atoms with E-state index in [1.807, 2.05) is 0 Å². The minimum atomic E-state index is -4.53. The molecule has 0 bridgehead atoms. The van der Waals surface area contributed by atoms with Gasteiger partial charge >= 0.3 is 6.18 Å². The third-order valence-corrected chi connectivity index (χ3v) is 2.34. The predicted octanol–water partition coefficient (Wildman–Crippen LogP) is 3.94. The molecule has 0 saturated carbocycles. The minimum absolute atomic E-state index is 0.00720. The van der Waals surface area contributed by atoms with Gasteiger partial charge in [-0.2, -0.15) is 18.3 Å². The van der Waals surface area contributed by atoms with Crippen LogP contribution in [0.5, 0.6) is 11.6 Å². The lowest BCUT2D eigenvalue weighted by Gasteiger charge is -2.10. The Morgan fingerprint density at radius 2 is 1.94 bits per heavy atom. The number of hydrogen-bond acceptors (Lipinski definition) is 3. The number of benzene rings is 1. The first-order valence-corrected chi connectivity index (χ1v) is 5.17. The Labute approximate surface area is 105 Å². The lowest BCUT2D eigenvalue weighted by Crippen LogP contribution is -2.06. The summed E-state index contributed by atoms with van der Waals surface area (Å²) < 4.78 is 42.9. The van der Waals surface area contributed by atoms with Gasteiger partial charge in [0.15, 0.2) is 0 Å². The van der Waals surface area contributed by atoms with Gasteiger partial charge in [-0.05, 0) is 24.3 Å². The molecule has 0 amide bonds. The van der Waals surface area contributed by atoms with Crippen LogP contribution in [0.15, 0.2) is 36.5 Å². The molecule has 1 heterocycles. The summed E-state index contributed by atoms with van der Waals surface area (Å²) in [7, 11) is 0. The molecular formula is C11H6ClF3N2O. The number of alkyl halides is 3. The summed E-state index contributed by atoms with van der Waals surface area (Å²) in [6.07, 6.45) is -3.10. The minimum Gasteiger partial charge on any atom is -0.438 e. The average molecular weight is 275 g/mol. The fraction of sp³-hybridized carbons (Fsp3) is 0.0909. The van der Waals surface area contributed by atoms with Crippen molar-refractivity contribution in [2.24, 2.45) is 0 Å². The van der Waals surface area contributed by atoms with Crippen molar-refractivity contribution in [1.29, 1.82) is 0 Å². The second kappa shape index (κ2) is 4.81. The highest BCUT2D eigenvalue weighted by atomic mass is 35.5. The maximum Gasteiger partial charge on any atom is 0.417 e. The fourth-order valence-electron chi connectivity index (χ4n) is 1.25. The summed E-state index contributed by atoms with van der Waals surface area (Å²) in [4.78, 5) is 0. The summed E-state index contributed by atoms with van der Waals surface area (Å²) in [5.74, 6) is 0.0974. The molecule has 0 atom stereocenters. The van der Waals surface area contributed by atoms with Crippen molar-refractivity contribution in [3.05, 3.63) is 47.1 Å². The molecule has 18 heavy (non-hydrogen) atoms. The maximum absolute atomic E-state index is 12.6. The van der Waals surface area contributed by atoms with Gasteiger partial charge < -0.3 is 4.74 Å². The number of ether oxygens (including phenoxy) is 1. The van der Waals surface area contributed by atoms with E-state index in [-0.39, 0.29) is 16.7 Å². The topological polar surface area (TPSA) is 35.0 Å². The molecule has 0 unspecified atom stereocenters. The Morgan fingerprint density at radius 1 is 1.17 bits per heavy atom. The lowest BCUT2D eigenvalue weighted by molar-refractivity contribution is -0.137. The molecule has 0 aliphatic carbocycles. The van der Waals surface area contributed by atoms with E-state index < -0.39 is 11.7 Å². The molecule has 2 rings (SSSR count). The zero-order chi connectivity index (χ0) is 13.2. The van der Waals surface area contributed by atoms with Gasteiger partial charge in [-0.3, -0.25) is 0 Å². The van der Waals surface area contributed by atoms with Gasteiger partial charge in [0.05, 0.1) is 10.6 Å². The van der Waals surface area contributed by atoms with Crippen molar-refractivity contribution in [3.8, 4) is 11.6 Å². The molecule has 0 aliphatic heterocycles. The van der Waals surface area contributed by atoms with Gasteiger partial charge in [0.25, 0.3) is 0 Å². The largest absolute Gasteiger partial charge is 0.438 e. The Morgan fingerprint density at radius 3 is 2.56 bits per heavy atom. The normalized spacial score (nSPS) is 11.3. The predicted molar refractivity (Wildman–Crippen MR) is 58.6 cm³/mol. The van der Waals surface area contributed by atoms with E-state index in [2.05, 4.69) is 10.2 Å². The molecular weight excluding hydrogens is 269 g/mol. The second-order valence-electron chi connectivity index (χ2n) is 3.30. The molecule has 7 heteroatoms. The summed E-state index contributed by atoms with van der Waals surface area (Å²) >= 11 is 5.48. The molecule has 1 aromatic carbocycles. The van der Waals surface area contributed by atoms with Crippen LogP contribution in [-0.4, -0.2) is 10.2 Å². The van der Waals surface area contributed by atoms with E-state index in [1.165, 1.54) is 18.3 Å². The number of nitrogens with zero attached hydrogens (tertiary/aromatic N) is 2. The molecule has 0 saturated heterocycles. The van der Waals surface area contributed by atoms with E-state index in [9.17, 15) is 13.2 Å². The smallest absolute Gasteiger partial charge is 0.417 e. The summed E-state index contributed by atoms with van der Waals surface area (Å²) in [5.41, 5.74) is -0.953. The highest BCUT2D eigenvalue weighted by Crippen LogP contribution is 2.37. The van der Waals surface area contributed by atoms with Crippen LogP contribution in [0, 0.1) is 0 Å². The van der Waals surface area contributed by atoms with Gasteiger partial charge in [0.1, 0.15) is 5.75 Å². The van der Waals surface area contributed by atoms with Crippen molar-refractivity contribution in [3.63, 3.8) is 0 Å². The van der Waals surface area contributed by atoms with Crippen molar-refractivity contribution in [2.45, 2.75) is 6.18 Å². The monoisotopic (exact) mass is 274 g/mol. The van der Waals surface area contributed by atoms with E-state index in [0.29, 0.717) is 0 Å². The zero-order valence-electron chi connectivity index (χ0n) is 8.78. The maximum atomic E-state index is 12.6. The van der Waals surface area contributed by atoms with E-state index >= 15 is 0 Å². The first-order valence-electron chi connectivity index (χ1n) is 4.79. The van der Waals surface area contributed by atoms with Crippen molar-refractivity contribution < 1.29 is 17.9 Å². The Hall–Kier alpha value is -1.82. The summed E-state index contributed by atoms with van der Waals surface area (Å²) in [5, 5.41) is 6.77. The van der Waals surface area contributed by atoms with Crippen LogP contribution in [0.1, 0.15) is 5.56 Å². The van der Waals surface area contributed by atoms with Gasteiger partial charge in [0, 0.05) is 12.3 Å². The molecule has 0 N–H and O–H groups in total. The average Bonchev–Trinajstić information content (AvgIpc) is 2.31. The Balaban J connectivity index is 2.31. The van der Waals surface area contributed by atoms with E-state index in [4.69, 9.17) is 16.3 Å². The lowest BCUT2D eigenvalue weighted by atomic mass is 10.2. The Bertz CT molecular complexity index is 546. The van der Waals surface area contributed by atoms with Crippen LogP contribution >= 0.6 is 11.6 Å². The number of hydrogen-bond donors (Lipinski definition) is 0. The Kier molecular flexibility index (Phi) is 3.38. The third kappa shape index (κ3) is 2.89. The van der Waals surface area contributed by atoms with Crippen LogP contribution in [0.3, 0.4) is 0 Å². The van der Waals surface area contributed by atoms with Gasteiger partial charge in [0.2, 0.25) is 5.88 Å². The SMILES string of the molecule is FC(F)(F)c1cc(Oc2cccnn2)ccc1Cl. The second-order valence-corrected chi connectivity index (χ2v) is 3.71. The van der Waals surface area contributed by atoms with Crippen LogP contribution in [0.4, 0.5) is 13.2 Å². The highest BCUT2D eigenvalue weighted by Gasteiger charge is 2.33. The first-order chi connectivity index (χ1) is 8.47. The third-order valence-electron chi connectivity index (χ3n) is 2.01. The highest BCUT2D eigenvalue weighted by molar-refractivity contribution is 6.31. The molecule has 94 valence electrons. The van der Waals surface area contributed by atoms with Gasteiger partial charge in [-0.15, -0.1) is 5.10 Å².